The van der Waals surface area contributed by atoms with Crippen molar-refractivity contribution in [1.82, 2.24) is 19.9 Å². The third-order valence-electron chi connectivity index (χ3n) is 6.24. The van der Waals surface area contributed by atoms with Crippen LogP contribution < -0.4 is 10.6 Å². The number of amides is 1. The first-order valence-electron chi connectivity index (χ1n) is 12.5. The molecule has 38 heavy (non-hydrogen) atoms. The average molecular weight is 552 g/mol. The zero-order valence-corrected chi connectivity index (χ0v) is 23.0. The van der Waals surface area contributed by atoms with Crippen LogP contribution in [0.3, 0.4) is 0 Å². The van der Waals surface area contributed by atoms with E-state index >= 15 is 0 Å². The fourth-order valence-electron chi connectivity index (χ4n) is 4.09. The molecular formula is C28H30ClN5O3S. The molecule has 1 saturated carbocycles. The third-order valence-corrected chi connectivity index (χ3v) is 7.51. The van der Waals surface area contributed by atoms with E-state index in [2.05, 4.69) is 15.6 Å². The highest BCUT2D eigenvalue weighted by molar-refractivity contribution is 7.99. The number of benzene rings is 2. The molecule has 2 heterocycles. The predicted molar refractivity (Wildman–Crippen MR) is 150 cm³/mol. The number of halogens is 1. The molecule has 1 aliphatic carbocycles. The number of aliphatic hydroxyl groups is 2. The van der Waals surface area contributed by atoms with Crippen molar-refractivity contribution in [3.8, 4) is 11.3 Å². The Hall–Kier alpha value is -3.11. The van der Waals surface area contributed by atoms with Crippen LogP contribution in [-0.4, -0.2) is 48.9 Å². The number of nitrogens with zero attached hydrogens (tertiary/aromatic N) is 3. The van der Waals surface area contributed by atoms with Gasteiger partial charge in [0.25, 0.3) is 5.91 Å². The van der Waals surface area contributed by atoms with Crippen LogP contribution in [0.15, 0.2) is 58.6 Å². The van der Waals surface area contributed by atoms with Crippen LogP contribution in [0.25, 0.3) is 16.9 Å². The lowest BCUT2D eigenvalue weighted by molar-refractivity contribution is 0.0940. The van der Waals surface area contributed by atoms with Crippen molar-refractivity contribution in [2.45, 2.75) is 61.8 Å². The smallest absolute Gasteiger partial charge is 0.251 e. The summed E-state index contributed by atoms with van der Waals surface area (Å²) in [7, 11) is 0. The number of imidazole rings is 1. The molecule has 0 spiro atoms. The summed E-state index contributed by atoms with van der Waals surface area (Å²) in [5.41, 5.74) is 4.27. The zero-order chi connectivity index (χ0) is 27.0. The Bertz CT molecular complexity index is 1510. The van der Waals surface area contributed by atoms with Crippen LogP contribution in [0.4, 0.5) is 5.69 Å². The van der Waals surface area contributed by atoms with Crippen molar-refractivity contribution in [1.29, 1.82) is 0 Å². The first-order valence-corrected chi connectivity index (χ1v) is 13.6. The number of carbonyl (C=O) groups is 1. The number of anilines is 1. The van der Waals surface area contributed by atoms with E-state index in [-0.39, 0.29) is 12.5 Å². The first-order chi connectivity index (χ1) is 18.1. The molecule has 0 radical (unpaired) electrons. The minimum atomic E-state index is -0.933. The van der Waals surface area contributed by atoms with Crippen molar-refractivity contribution >= 4 is 40.6 Å². The van der Waals surface area contributed by atoms with E-state index in [0.717, 1.165) is 34.6 Å². The minimum absolute atomic E-state index is 0.0488. The standard InChI is InChI=1S/C28H30ClN5O3S/c1-16-10-17(4-8-21(16)27(36)32-20-6-7-20)23-13-30-26-22(31-15-28(2,3)37)12-25(33-34(23)26)38-24-9-5-19(29)11-18(24)14-35/h4-5,8-13,20,31,35,37H,6-7,14-15H2,1-3H3,(H,32,36). The van der Waals surface area contributed by atoms with Crippen molar-refractivity contribution in [3.05, 3.63) is 70.4 Å². The number of hydrogen-bond donors (Lipinski definition) is 4. The Labute approximate surface area is 230 Å². The molecular weight excluding hydrogens is 522 g/mol. The Morgan fingerprint density at radius 1 is 1.21 bits per heavy atom. The van der Waals surface area contributed by atoms with Gasteiger partial charge in [-0.2, -0.15) is 5.10 Å². The third kappa shape index (κ3) is 5.96. The van der Waals surface area contributed by atoms with Crippen molar-refractivity contribution in [2.24, 2.45) is 0 Å². The molecule has 2 aromatic heterocycles. The topological polar surface area (TPSA) is 112 Å². The fourth-order valence-corrected chi connectivity index (χ4v) is 5.20. The maximum Gasteiger partial charge on any atom is 0.251 e. The summed E-state index contributed by atoms with van der Waals surface area (Å²) in [5.74, 6) is -0.0488. The van der Waals surface area contributed by atoms with Gasteiger partial charge in [-0.1, -0.05) is 29.4 Å². The number of aromatic nitrogens is 3. The van der Waals surface area contributed by atoms with E-state index in [1.807, 2.05) is 37.3 Å². The molecule has 8 nitrogen and oxygen atoms in total. The second-order valence-corrected chi connectivity index (χ2v) is 11.7. The Balaban J connectivity index is 1.55. The number of nitrogens with one attached hydrogen (secondary N) is 2. The van der Waals surface area contributed by atoms with Gasteiger partial charge in [0.2, 0.25) is 0 Å². The number of hydrogen-bond acceptors (Lipinski definition) is 7. The van der Waals surface area contributed by atoms with E-state index in [4.69, 9.17) is 16.7 Å². The molecule has 1 amide bonds. The monoisotopic (exact) mass is 551 g/mol. The maximum absolute atomic E-state index is 12.6. The van der Waals surface area contributed by atoms with E-state index in [9.17, 15) is 15.0 Å². The maximum atomic E-state index is 12.6. The van der Waals surface area contributed by atoms with Crippen LogP contribution in [0.1, 0.15) is 48.2 Å². The van der Waals surface area contributed by atoms with Gasteiger partial charge in [0.15, 0.2) is 5.65 Å². The molecule has 0 unspecified atom stereocenters. The number of fused-ring (bicyclic) bond motifs is 1. The first kappa shape index (κ1) is 26.5. The quantitative estimate of drug-likeness (QED) is 0.229. The van der Waals surface area contributed by atoms with Gasteiger partial charge in [-0.15, -0.1) is 0 Å². The largest absolute Gasteiger partial charge is 0.392 e. The highest BCUT2D eigenvalue weighted by atomic mass is 35.5. The average Bonchev–Trinajstić information content (AvgIpc) is 3.58. The van der Waals surface area contributed by atoms with Gasteiger partial charge >= 0.3 is 0 Å². The van der Waals surface area contributed by atoms with Crippen LogP contribution in [0, 0.1) is 6.92 Å². The summed E-state index contributed by atoms with van der Waals surface area (Å²) in [4.78, 5) is 18.1. The lowest BCUT2D eigenvalue weighted by atomic mass is 10.0. The molecule has 0 aliphatic heterocycles. The highest BCUT2D eigenvalue weighted by Gasteiger charge is 2.25. The Morgan fingerprint density at radius 3 is 2.68 bits per heavy atom. The summed E-state index contributed by atoms with van der Waals surface area (Å²) in [6, 6.07) is 13.3. The van der Waals surface area contributed by atoms with Crippen molar-refractivity contribution in [3.63, 3.8) is 0 Å². The Morgan fingerprint density at radius 2 is 2.00 bits per heavy atom. The molecule has 1 aliphatic rings. The molecule has 0 saturated heterocycles. The second-order valence-electron chi connectivity index (χ2n) is 10.2. The van der Waals surface area contributed by atoms with Crippen molar-refractivity contribution in [2.75, 3.05) is 11.9 Å². The van der Waals surface area contributed by atoms with Gasteiger partial charge in [0.05, 0.1) is 29.8 Å². The number of rotatable bonds is 9. The molecule has 2 aromatic carbocycles. The summed E-state index contributed by atoms with van der Waals surface area (Å²) < 4.78 is 1.77. The zero-order valence-electron chi connectivity index (χ0n) is 21.5. The van der Waals surface area contributed by atoms with Crippen molar-refractivity contribution < 1.29 is 15.0 Å². The van der Waals surface area contributed by atoms with Crippen LogP contribution >= 0.6 is 23.4 Å². The summed E-state index contributed by atoms with van der Waals surface area (Å²) >= 11 is 7.53. The molecule has 5 rings (SSSR count). The number of aliphatic hydroxyl groups excluding tert-OH is 1. The van der Waals surface area contributed by atoms with Gasteiger partial charge < -0.3 is 20.8 Å². The van der Waals surface area contributed by atoms with Crippen LogP contribution in [0.5, 0.6) is 0 Å². The van der Waals surface area contributed by atoms with Gasteiger partial charge in [0.1, 0.15) is 5.03 Å². The predicted octanol–water partition coefficient (Wildman–Crippen LogP) is 5.08. The van der Waals surface area contributed by atoms with Gasteiger partial charge in [-0.25, -0.2) is 9.50 Å². The summed E-state index contributed by atoms with van der Waals surface area (Å²) in [5, 5.41) is 32.6. The Kier molecular flexibility index (Phi) is 7.37. The highest BCUT2D eigenvalue weighted by Crippen LogP contribution is 2.34. The summed E-state index contributed by atoms with van der Waals surface area (Å²) in [6.07, 6.45) is 3.83. The van der Waals surface area contributed by atoms with E-state index in [1.165, 1.54) is 11.8 Å². The molecule has 0 bridgehead atoms. The van der Waals surface area contributed by atoms with Gasteiger partial charge in [-0.05, 0) is 81.1 Å². The van der Waals surface area contributed by atoms with Gasteiger partial charge in [0, 0.05) is 33.6 Å². The number of aryl methyl sites for hydroxylation is 1. The molecule has 10 heteroatoms. The van der Waals surface area contributed by atoms with E-state index in [1.54, 1.807) is 36.7 Å². The molecule has 1 fully saturated rings. The van der Waals surface area contributed by atoms with Crippen LogP contribution in [0.2, 0.25) is 5.02 Å². The fraction of sp³-hybridized carbons (Fsp3) is 0.321. The van der Waals surface area contributed by atoms with Gasteiger partial charge in [-0.3, -0.25) is 4.79 Å². The molecule has 0 atom stereocenters. The lowest BCUT2D eigenvalue weighted by Crippen LogP contribution is -2.29. The lowest BCUT2D eigenvalue weighted by Gasteiger charge is -2.19. The molecule has 4 aromatic rings. The molecule has 4 N–H and O–H groups in total. The van der Waals surface area contributed by atoms with Crippen LogP contribution in [-0.2, 0) is 6.61 Å². The SMILES string of the molecule is Cc1cc(-c2cnc3c(NCC(C)(C)O)cc(Sc4ccc(Cl)cc4CO)nn23)ccc1C(=O)NC1CC1. The second kappa shape index (κ2) is 10.6. The molecule has 198 valence electrons. The summed E-state index contributed by atoms with van der Waals surface area (Å²) in [6.45, 7) is 5.55. The van der Waals surface area contributed by atoms with E-state index in [0.29, 0.717) is 45.1 Å². The van der Waals surface area contributed by atoms with E-state index < -0.39 is 5.60 Å². The normalized spacial score (nSPS) is 13.6. The minimum Gasteiger partial charge on any atom is -0.392 e. The number of carbonyl (C=O) groups excluding carboxylic acids is 1.